The Kier molecular flexibility index (Phi) is 3.97. The molecule has 0 aromatic heterocycles. The molecule has 0 radical (unpaired) electrons. The lowest BCUT2D eigenvalue weighted by atomic mass is 9.94. The van der Waals surface area contributed by atoms with Crippen LogP contribution in [0, 0.1) is 18.7 Å². The second kappa shape index (κ2) is 5.48. The van der Waals surface area contributed by atoms with Gasteiger partial charge >= 0.3 is 0 Å². The summed E-state index contributed by atoms with van der Waals surface area (Å²) in [6, 6.07) is 4.60. The molecule has 0 aliphatic carbocycles. The molecule has 3 nitrogen and oxygen atoms in total. The predicted octanol–water partition coefficient (Wildman–Crippen LogP) is 1.86. The minimum Gasteiger partial charge on any atom is -0.348 e. The van der Waals surface area contributed by atoms with E-state index in [4.69, 9.17) is 0 Å². The Morgan fingerprint density at radius 1 is 1.50 bits per heavy atom. The highest BCUT2D eigenvalue weighted by molar-refractivity contribution is 5.94. The summed E-state index contributed by atoms with van der Waals surface area (Å²) in [5, 5.41) is 6.28. The maximum atomic E-state index is 13.1. The van der Waals surface area contributed by atoms with E-state index in [-0.39, 0.29) is 17.8 Å². The predicted molar refractivity (Wildman–Crippen MR) is 69.0 cm³/mol. The van der Waals surface area contributed by atoms with Crippen molar-refractivity contribution >= 4 is 5.91 Å². The molecule has 0 spiro atoms. The third-order valence-corrected chi connectivity index (χ3v) is 3.56. The average Bonchev–Trinajstić information content (AvgIpc) is 2.35. The highest BCUT2D eigenvalue weighted by Crippen LogP contribution is 2.13. The molecule has 1 amide bonds. The number of carbonyl (C=O) groups excluding carboxylic acids is 1. The number of piperidine rings is 1. The first-order valence-corrected chi connectivity index (χ1v) is 6.35. The van der Waals surface area contributed by atoms with E-state index in [1.807, 2.05) is 0 Å². The monoisotopic (exact) mass is 250 g/mol. The Labute approximate surface area is 107 Å². The van der Waals surface area contributed by atoms with E-state index < -0.39 is 0 Å². The van der Waals surface area contributed by atoms with Crippen molar-refractivity contribution in [1.29, 1.82) is 0 Å². The number of aryl methyl sites for hydroxylation is 1. The van der Waals surface area contributed by atoms with Crippen LogP contribution in [0.25, 0.3) is 0 Å². The number of rotatable bonds is 2. The zero-order chi connectivity index (χ0) is 13.1. The van der Waals surface area contributed by atoms with Gasteiger partial charge in [0.15, 0.2) is 0 Å². The van der Waals surface area contributed by atoms with E-state index in [2.05, 4.69) is 17.6 Å². The Morgan fingerprint density at radius 2 is 2.28 bits per heavy atom. The first kappa shape index (κ1) is 13.0. The van der Waals surface area contributed by atoms with Crippen LogP contribution in [0.2, 0.25) is 0 Å². The number of benzene rings is 1. The van der Waals surface area contributed by atoms with Crippen LogP contribution in [-0.4, -0.2) is 25.0 Å². The summed E-state index contributed by atoms with van der Waals surface area (Å²) in [5.41, 5.74) is 1.02. The quantitative estimate of drug-likeness (QED) is 0.841. The fourth-order valence-electron chi connectivity index (χ4n) is 2.22. The van der Waals surface area contributed by atoms with Crippen LogP contribution in [0.15, 0.2) is 18.2 Å². The van der Waals surface area contributed by atoms with Crippen molar-refractivity contribution in [3.8, 4) is 0 Å². The molecule has 1 saturated heterocycles. The molecule has 0 saturated carbocycles. The highest BCUT2D eigenvalue weighted by atomic mass is 19.1. The van der Waals surface area contributed by atoms with E-state index >= 15 is 0 Å². The van der Waals surface area contributed by atoms with Crippen LogP contribution in [-0.2, 0) is 0 Å². The van der Waals surface area contributed by atoms with Gasteiger partial charge < -0.3 is 10.6 Å². The molecule has 1 fully saturated rings. The van der Waals surface area contributed by atoms with Gasteiger partial charge in [0.05, 0.1) is 0 Å². The first-order chi connectivity index (χ1) is 8.58. The topological polar surface area (TPSA) is 41.1 Å². The lowest BCUT2D eigenvalue weighted by Gasteiger charge is -2.30. The molecule has 1 aromatic rings. The smallest absolute Gasteiger partial charge is 0.251 e. The molecule has 2 atom stereocenters. The summed E-state index contributed by atoms with van der Waals surface area (Å²) >= 11 is 0. The molecule has 1 aliphatic heterocycles. The Bertz CT molecular complexity index is 447. The van der Waals surface area contributed by atoms with Gasteiger partial charge in [0.25, 0.3) is 5.91 Å². The minimum atomic E-state index is -0.278. The zero-order valence-corrected chi connectivity index (χ0v) is 10.8. The Hall–Kier alpha value is -1.42. The van der Waals surface area contributed by atoms with Gasteiger partial charge in [-0.15, -0.1) is 0 Å². The van der Waals surface area contributed by atoms with Crippen LogP contribution in [0.3, 0.4) is 0 Å². The Morgan fingerprint density at radius 3 is 2.94 bits per heavy atom. The van der Waals surface area contributed by atoms with Gasteiger partial charge in [0, 0.05) is 18.2 Å². The molecule has 2 N–H and O–H groups in total. The second-order valence-electron chi connectivity index (χ2n) is 5.01. The Balaban J connectivity index is 2.04. The van der Waals surface area contributed by atoms with E-state index in [9.17, 15) is 9.18 Å². The molecular weight excluding hydrogens is 231 g/mol. The molecule has 0 bridgehead atoms. The molecule has 1 aromatic carbocycles. The zero-order valence-electron chi connectivity index (χ0n) is 10.8. The summed E-state index contributed by atoms with van der Waals surface area (Å²) in [6.07, 6.45) is 1.06. The second-order valence-corrected chi connectivity index (χ2v) is 5.01. The van der Waals surface area contributed by atoms with Gasteiger partial charge in [-0.1, -0.05) is 6.92 Å². The van der Waals surface area contributed by atoms with E-state index in [1.165, 1.54) is 12.1 Å². The van der Waals surface area contributed by atoms with Gasteiger partial charge in [-0.05, 0) is 49.6 Å². The molecule has 1 aliphatic rings. The van der Waals surface area contributed by atoms with E-state index in [0.29, 0.717) is 17.0 Å². The largest absolute Gasteiger partial charge is 0.348 e. The molecule has 4 heteroatoms. The van der Waals surface area contributed by atoms with Crippen molar-refractivity contribution in [1.82, 2.24) is 10.6 Å². The number of hydrogen-bond acceptors (Lipinski definition) is 2. The molecule has 2 rings (SSSR count). The lowest BCUT2D eigenvalue weighted by molar-refractivity contribution is 0.0915. The van der Waals surface area contributed by atoms with E-state index in [0.717, 1.165) is 19.5 Å². The molecule has 0 unspecified atom stereocenters. The van der Waals surface area contributed by atoms with E-state index in [1.54, 1.807) is 13.0 Å². The van der Waals surface area contributed by atoms with Crippen LogP contribution in [0.1, 0.15) is 29.3 Å². The average molecular weight is 250 g/mol. The molecule has 98 valence electrons. The summed E-state index contributed by atoms with van der Waals surface area (Å²) in [6.45, 7) is 5.61. The van der Waals surface area contributed by atoms with Crippen molar-refractivity contribution < 1.29 is 9.18 Å². The molecule has 1 heterocycles. The lowest BCUT2D eigenvalue weighted by Crippen LogP contribution is -2.50. The third-order valence-electron chi connectivity index (χ3n) is 3.56. The first-order valence-electron chi connectivity index (χ1n) is 6.35. The van der Waals surface area contributed by atoms with Crippen molar-refractivity contribution in [2.45, 2.75) is 26.3 Å². The van der Waals surface area contributed by atoms with Crippen LogP contribution in [0.4, 0.5) is 4.39 Å². The normalized spacial score (nSPS) is 23.7. The SMILES string of the molecule is Cc1cc(C(=O)N[C@@H]2CNCC[C@H]2C)ccc1F. The summed E-state index contributed by atoms with van der Waals surface area (Å²) in [7, 11) is 0. The fraction of sp³-hybridized carbons (Fsp3) is 0.500. The summed E-state index contributed by atoms with van der Waals surface area (Å²) in [4.78, 5) is 12.1. The number of carbonyl (C=O) groups is 1. The van der Waals surface area contributed by atoms with Crippen molar-refractivity contribution in [3.63, 3.8) is 0 Å². The van der Waals surface area contributed by atoms with Crippen LogP contribution >= 0.6 is 0 Å². The van der Waals surface area contributed by atoms with Crippen LogP contribution < -0.4 is 10.6 Å². The highest BCUT2D eigenvalue weighted by Gasteiger charge is 2.23. The van der Waals surface area contributed by atoms with Crippen molar-refractivity contribution in [2.75, 3.05) is 13.1 Å². The number of hydrogen-bond donors (Lipinski definition) is 2. The summed E-state index contributed by atoms with van der Waals surface area (Å²) < 4.78 is 13.1. The van der Waals surface area contributed by atoms with Crippen molar-refractivity contribution in [3.05, 3.63) is 35.1 Å². The molecular formula is C14H19FN2O. The van der Waals surface area contributed by atoms with Gasteiger partial charge in [0.1, 0.15) is 5.82 Å². The third kappa shape index (κ3) is 2.88. The van der Waals surface area contributed by atoms with Crippen LogP contribution in [0.5, 0.6) is 0 Å². The summed E-state index contributed by atoms with van der Waals surface area (Å²) in [5.74, 6) is 0.0645. The number of amides is 1. The minimum absolute atomic E-state index is 0.126. The standard InChI is InChI=1S/C14H19FN2O/c1-9-5-6-16-8-13(9)17-14(18)11-3-4-12(15)10(2)7-11/h3-4,7,9,13,16H,5-6,8H2,1-2H3,(H,17,18)/t9-,13-/m1/s1. The van der Waals surface area contributed by atoms with Gasteiger partial charge in [-0.2, -0.15) is 0 Å². The molecule has 18 heavy (non-hydrogen) atoms. The fourth-order valence-corrected chi connectivity index (χ4v) is 2.22. The van der Waals surface area contributed by atoms with Gasteiger partial charge in [-0.25, -0.2) is 4.39 Å². The maximum Gasteiger partial charge on any atom is 0.251 e. The number of halogens is 1. The maximum absolute atomic E-state index is 13.1. The van der Waals surface area contributed by atoms with Gasteiger partial charge in [-0.3, -0.25) is 4.79 Å². The van der Waals surface area contributed by atoms with Crippen molar-refractivity contribution in [2.24, 2.45) is 5.92 Å². The van der Waals surface area contributed by atoms with Gasteiger partial charge in [0.2, 0.25) is 0 Å². The number of nitrogens with one attached hydrogen (secondary N) is 2.